The number of methoxy groups -OCH3 is 1. The van der Waals surface area contributed by atoms with Gasteiger partial charge >= 0.3 is 0 Å². The maximum Gasteiger partial charge on any atom is 0.221 e. The Kier molecular flexibility index (Phi) is 5.18. The summed E-state index contributed by atoms with van der Waals surface area (Å²) in [4.78, 5) is 11.5. The highest BCUT2D eigenvalue weighted by atomic mass is 16.5. The Bertz CT molecular complexity index is 227. The fourth-order valence-electron chi connectivity index (χ4n) is 1.68. The lowest BCUT2D eigenvalue weighted by atomic mass is 10.0. The van der Waals surface area contributed by atoms with Crippen LogP contribution < -0.4 is 11.1 Å². The minimum Gasteiger partial charge on any atom is -0.378 e. The van der Waals surface area contributed by atoms with Crippen LogP contribution in [0.25, 0.3) is 0 Å². The number of hydrogen-bond acceptors (Lipinski definition) is 4. The van der Waals surface area contributed by atoms with E-state index in [0.29, 0.717) is 26.2 Å². The topological polar surface area (TPSA) is 73.6 Å². The van der Waals surface area contributed by atoms with E-state index in [4.69, 9.17) is 15.2 Å². The van der Waals surface area contributed by atoms with Crippen LogP contribution in [0.2, 0.25) is 0 Å². The standard InChI is InChI=1S/C11H22N2O3/c1-3-9(12)6-10(14)13-7-11(15-2)4-5-16-8-11/h9H,3-8,12H2,1-2H3,(H,13,14). The second-order valence-electron chi connectivity index (χ2n) is 4.34. The molecule has 1 rings (SSSR count). The lowest BCUT2D eigenvalue weighted by molar-refractivity contribution is -0.123. The molecule has 5 nitrogen and oxygen atoms in total. The Morgan fingerprint density at radius 1 is 1.69 bits per heavy atom. The van der Waals surface area contributed by atoms with Crippen molar-refractivity contribution in [2.24, 2.45) is 5.73 Å². The summed E-state index contributed by atoms with van der Waals surface area (Å²) in [6, 6.07) is -0.0571. The summed E-state index contributed by atoms with van der Waals surface area (Å²) < 4.78 is 10.7. The molecule has 0 bridgehead atoms. The zero-order valence-electron chi connectivity index (χ0n) is 10.1. The summed E-state index contributed by atoms with van der Waals surface area (Å²) in [6.07, 6.45) is 2.01. The average Bonchev–Trinajstić information content (AvgIpc) is 2.75. The van der Waals surface area contributed by atoms with Gasteiger partial charge in [0.05, 0.1) is 6.61 Å². The molecule has 1 aliphatic heterocycles. The number of amides is 1. The zero-order chi connectivity index (χ0) is 12.0. The SMILES string of the molecule is CCC(N)CC(=O)NCC1(OC)CCOC1. The highest BCUT2D eigenvalue weighted by Gasteiger charge is 2.35. The monoisotopic (exact) mass is 230 g/mol. The fourth-order valence-corrected chi connectivity index (χ4v) is 1.68. The molecule has 0 aromatic carbocycles. The van der Waals surface area contributed by atoms with E-state index >= 15 is 0 Å². The first-order valence-corrected chi connectivity index (χ1v) is 5.77. The van der Waals surface area contributed by atoms with Crippen molar-refractivity contribution in [1.82, 2.24) is 5.32 Å². The lowest BCUT2D eigenvalue weighted by Gasteiger charge is -2.26. The predicted molar refractivity (Wildman–Crippen MR) is 61.1 cm³/mol. The molecule has 16 heavy (non-hydrogen) atoms. The molecule has 0 saturated carbocycles. The third-order valence-electron chi connectivity index (χ3n) is 3.08. The highest BCUT2D eigenvalue weighted by Crippen LogP contribution is 2.21. The first-order chi connectivity index (χ1) is 7.62. The van der Waals surface area contributed by atoms with Crippen LogP contribution in [-0.2, 0) is 14.3 Å². The van der Waals surface area contributed by atoms with Crippen molar-refractivity contribution in [3.63, 3.8) is 0 Å². The van der Waals surface area contributed by atoms with Gasteiger partial charge in [0.2, 0.25) is 5.91 Å². The maximum atomic E-state index is 11.5. The van der Waals surface area contributed by atoms with Crippen molar-refractivity contribution in [3.8, 4) is 0 Å². The van der Waals surface area contributed by atoms with Crippen molar-refractivity contribution < 1.29 is 14.3 Å². The van der Waals surface area contributed by atoms with Gasteiger partial charge in [-0.15, -0.1) is 0 Å². The molecular weight excluding hydrogens is 208 g/mol. The summed E-state index contributed by atoms with van der Waals surface area (Å²) in [7, 11) is 1.65. The number of hydrogen-bond donors (Lipinski definition) is 2. The van der Waals surface area contributed by atoms with E-state index in [1.54, 1.807) is 7.11 Å². The normalized spacial score (nSPS) is 26.7. The number of ether oxygens (including phenoxy) is 2. The van der Waals surface area contributed by atoms with E-state index in [1.807, 2.05) is 6.92 Å². The molecule has 2 atom stereocenters. The van der Waals surface area contributed by atoms with Crippen LogP contribution in [0.4, 0.5) is 0 Å². The van der Waals surface area contributed by atoms with Crippen LogP contribution in [-0.4, -0.2) is 44.4 Å². The zero-order valence-corrected chi connectivity index (χ0v) is 10.1. The number of carbonyl (C=O) groups is 1. The Labute approximate surface area is 96.7 Å². The van der Waals surface area contributed by atoms with Gasteiger partial charge in [-0.05, 0) is 6.42 Å². The van der Waals surface area contributed by atoms with Gasteiger partial charge in [-0.25, -0.2) is 0 Å². The number of nitrogens with two attached hydrogens (primary N) is 1. The average molecular weight is 230 g/mol. The van der Waals surface area contributed by atoms with Crippen LogP contribution >= 0.6 is 0 Å². The predicted octanol–water partition coefficient (Wildman–Crippen LogP) is 0.0355. The van der Waals surface area contributed by atoms with Gasteiger partial charge in [0.25, 0.3) is 0 Å². The summed E-state index contributed by atoms with van der Waals surface area (Å²) in [5.41, 5.74) is 5.36. The van der Waals surface area contributed by atoms with Crippen LogP contribution in [0.3, 0.4) is 0 Å². The molecule has 2 unspecified atom stereocenters. The number of carbonyl (C=O) groups excluding carboxylic acids is 1. The molecule has 94 valence electrons. The van der Waals surface area contributed by atoms with Gasteiger partial charge in [-0.2, -0.15) is 0 Å². The molecule has 1 fully saturated rings. The van der Waals surface area contributed by atoms with E-state index in [-0.39, 0.29) is 17.6 Å². The van der Waals surface area contributed by atoms with Crippen LogP contribution in [0.1, 0.15) is 26.2 Å². The molecule has 0 aliphatic carbocycles. The smallest absolute Gasteiger partial charge is 0.221 e. The van der Waals surface area contributed by atoms with Crippen molar-refractivity contribution in [3.05, 3.63) is 0 Å². The third-order valence-corrected chi connectivity index (χ3v) is 3.08. The van der Waals surface area contributed by atoms with Crippen molar-refractivity contribution in [1.29, 1.82) is 0 Å². The van der Waals surface area contributed by atoms with Gasteiger partial charge in [0, 0.05) is 39.1 Å². The molecule has 1 amide bonds. The highest BCUT2D eigenvalue weighted by molar-refractivity contribution is 5.76. The van der Waals surface area contributed by atoms with Crippen molar-refractivity contribution >= 4 is 5.91 Å². The quantitative estimate of drug-likeness (QED) is 0.675. The third kappa shape index (κ3) is 3.73. The Morgan fingerprint density at radius 3 is 2.94 bits per heavy atom. The minimum absolute atomic E-state index is 0.0160. The second kappa shape index (κ2) is 6.18. The molecular formula is C11H22N2O3. The minimum atomic E-state index is -0.341. The first-order valence-electron chi connectivity index (χ1n) is 5.77. The van der Waals surface area contributed by atoms with Gasteiger partial charge in [-0.3, -0.25) is 4.79 Å². The van der Waals surface area contributed by atoms with Crippen molar-refractivity contribution in [2.75, 3.05) is 26.9 Å². The Hall–Kier alpha value is -0.650. The molecule has 0 spiro atoms. The van der Waals surface area contributed by atoms with E-state index in [0.717, 1.165) is 12.8 Å². The molecule has 0 aromatic rings. The molecule has 1 aliphatic rings. The van der Waals surface area contributed by atoms with Crippen LogP contribution in [0.5, 0.6) is 0 Å². The van der Waals surface area contributed by atoms with Gasteiger partial charge in [0.15, 0.2) is 0 Å². The van der Waals surface area contributed by atoms with Gasteiger partial charge in [-0.1, -0.05) is 6.92 Å². The summed E-state index contributed by atoms with van der Waals surface area (Å²) in [6.45, 7) is 3.71. The van der Waals surface area contributed by atoms with E-state index in [1.165, 1.54) is 0 Å². The fraction of sp³-hybridized carbons (Fsp3) is 0.909. The second-order valence-corrected chi connectivity index (χ2v) is 4.34. The Morgan fingerprint density at radius 2 is 2.44 bits per heavy atom. The van der Waals surface area contributed by atoms with E-state index in [2.05, 4.69) is 5.32 Å². The van der Waals surface area contributed by atoms with Gasteiger partial charge < -0.3 is 20.5 Å². The molecule has 5 heteroatoms. The van der Waals surface area contributed by atoms with Crippen LogP contribution in [0.15, 0.2) is 0 Å². The molecule has 3 N–H and O–H groups in total. The van der Waals surface area contributed by atoms with Crippen molar-refractivity contribution in [2.45, 2.75) is 37.8 Å². The first kappa shape index (κ1) is 13.4. The molecule has 1 heterocycles. The maximum absolute atomic E-state index is 11.5. The lowest BCUT2D eigenvalue weighted by Crippen LogP contribution is -2.45. The summed E-state index contributed by atoms with van der Waals surface area (Å²) in [5, 5.41) is 2.86. The van der Waals surface area contributed by atoms with E-state index in [9.17, 15) is 4.79 Å². The summed E-state index contributed by atoms with van der Waals surface area (Å²) in [5.74, 6) is -0.0160. The Balaban J connectivity index is 2.29. The van der Waals surface area contributed by atoms with E-state index < -0.39 is 0 Å². The molecule has 1 saturated heterocycles. The molecule has 0 radical (unpaired) electrons. The number of rotatable bonds is 6. The number of nitrogens with one attached hydrogen (secondary N) is 1. The van der Waals surface area contributed by atoms with Crippen LogP contribution in [0, 0.1) is 0 Å². The largest absolute Gasteiger partial charge is 0.378 e. The molecule has 0 aromatic heterocycles. The summed E-state index contributed by atoms with van der Waals surface area (Å²) >= 11 is 0. The van der Waals surface area contributed by atoms with Gasteiger partial charge in [0.1, 0.15) is 5.60 Å².